The van der Waals surface area contributed by atoms with Gasteiger partial charge in [0, 0.05) is 31.4 Å². The molecule has 0 radical (unpaired) electrons. The van der Waals surface area contributed by atoms with Crippen molar-refractivity contribution < 1.29 is 13.2 Å². The number of anilines is 1. The molecule has 1 saturated heterocycles. The van der Waals surface area contributed by atoms with Crippen LogP contribution in [0.15, 0.2) is 18.5 Å². The number of hydrogen-bond acceptors (Lipinski definition) is 6. The summed E-state index contributed by atoms with van der Waals surface area (Å²) in [5.41, 5.74) is 0. The molecule has 0 aliphatic carbocycles. The van der Waals surface area contributed by atoms with Gasteiger partial charge in [-0.25, -0.2) is 18.4 Å². The quantitative estimate of drug-likeness (QED) is 0.745. The molecule has 1 amide bonds. The van der Waals surface area contributed by atoms with Crippen LogP contribution < -0.4 is 10.6 Å². The predicted molar refractivity (Wildman–Crippen MR) is 65.7 cm³/mol. The van der Waals surface area contributed by atoms with E-state index in [1.807, 2.05) is 0 Å². The summed E-state index contributed by atoms with van der Waals surface area (Å²) in [6.45, 7) is 0.391. The van der Waals surface area contributed by atoms with Gasteiger partial charge in [0.2, 0.25) is 11.9 Å². The molecule has 2 N–H and O–H groups in total. The highest BCUT2D eigenvalue weighted by atomic mass is 32.2. The summed E-state index contributed by atoms with van der Waals surface area (Å²) in [5, 5.41) is 5.53. The minimum Gasteiger partial charge on any atom is -0.311 e. The molecule has 1 fully saturated rings. The average Bonchev–Trinajstić information content (AvgIpc) is 2.28. The van der Waals surface area contributed by atoms with Gasteiger partial charge in [0.25, 0.3) is 0 Å². The van der Waals surface area contributed by atoms with Crippen LogP contribution in [0.5, 0.6) is 0 Å². The van der Waals surface area contributed by atoms with Gasteiger partial charge in [0.05, 0.1) is 11.5 Å². The van der Waals surface area contributed by atoms with E-state index < -0.39 is 9.84 Å². The molecule has 18 heavy (non-hydrogen) atoms. The monoisotopic (exact) mass is 270 g/mol. The third kappa shape index (κ3) is 3.74. The average molecular weight is 270 g/mol. The molecule has 1 aromatic rings. The lowest BCUT2D eigenvalue weighted by Gasteiger charge is -2.22. The van der Waals surface area contributed by atoms with Crippen LogP contribution in [0.3, 0.4) is 0 Å². The van der Waals surface area contributed by atoms with Crippen molar-refractivity contribution in [2.45, 2.75) is 12.5 Å². The van der Waals surface area contributed by atoms with E-state index in [4.69, 9.17) is 0 Å². The molecule has 1 aliphatic rings. The van der Waals surface area contributed by atoms with Crippen molar-refractivity contribution >= 4 is 21.7 Å². The molecule has 0 bridgehead atoms. The lowest BCUT2D eigenvalue weighted by Crippen LogP contribution is -2.46. The lowest BCUT2D eigenvalue weighted by atomic mass is 10.2. The van der Waals surface area contributed by atoms with E-state index in [1.165, 1.54) is 12.4 Å². The summed E-state index contributed by atoms with van der Waals surface area (Å²) in [6.07, 6.45) is 3.13. The van der Waals surface area contributed by atoms with Gasteiger partial charge in [0.15, 0.2) is 9.84 Å². The van der Waals surface area contributed by atoms with E-state index in [-0.39, 0.29) is 35.8 Å². The van der Waals surface area contributed by atoms with E-state index in [0.29, 0.717) is 6.54 Å². The van der Waals surface area contributed by atoms with Crippen LogP contribution in [-0.2, 0) is 14.6 Å². The summed E-state index contributed by atoms with van der Waals surface area (Å²) in [6, 6.07) is 1.30. The van der Waals surface area contributed by atoms with Gasteiger partial charge in [0.1, 0.15) is 0 Å². The second-order valence-electron chi connectivity index (χ2n) is 4.09. The Bertz CT molecular complexity index is 517. The van der Waals surface area contributed by atoms with E-state index in [1.54, 1.807) is 6.07 Å². The molecule has 0 saturated carbocycles. The minimum absolute atomic E-state index is 0.00390. The van der Waals surface area contributed by atoms with Crippen LogP contribution in [0.1, 0.15) is 6.42 Å². The topological polar surface area (TPSA) is 101 Å². The van der Waals surface area contributed by atoms with Crippen LogP contribution in [-0.4, -0.2) is 48.4 Å². The molecular formula is C10H14N4O3S. The number of amides is 1. The van der Waals surface area contributed by atoms with Crippen molar-refractivity contribution in [2.24, 2.45) is 0 Å². The van der Waals surface area contributed by atoms with Gasteiger partial charge in [-0.2, -0.15) is 0 Å². The third-order valence-electron chi connectivity index (χ3n) is 2.55. The largest absolute Gasteiger partial charge is 0.311 e. The van der Waals surface area contributed by atoms with E-state index >= 15 is 0 Å². The molecule has 1 aliphatic heterocycles. The van der Waals surface area contributed by atoms with Crippen molar-refractivity contribution in [1.29, 1.82) is 0 Å². The Morgan fingerprint density at radius 3 is 2.83 bits per heavy atom. The van der Waals surface area contributed by atoms with Crippen LogP contribution in [0, 0.1) is 0 Å². The highest BCUT2D eigenvalue weighted by Crippen LogP contribution is 2.06. The molecule has 1 unspecified atom stereocenters. The molecule has 0 aromatic carbocycles. The second-order valence-corrected chi connectivity index (χ2v) is 6.32. The number of carbonyl (C=O) groups is 1. The molecule has 1 aromatic heterocycles. The smallest absolute Gasteiger partial charge is 0.229 e. The van der Waals surface area contributed by atoms with Crippen molar-refractivity contribution in [3.63, 3.8) is 0 Å². The lowest BCUT2D eigenvalue weighted by molar-refractivity contribution is -0.116. The Kier molecular flexibility index (Phi) is 3.87. The SMILES string of the molecule is O=C(CC1CS(=O)(=O)CCN1)Nc1ncccn1. The summed E-state index contributed by atoms with van der Waals surface area (Å²) in [5.74, 6) is 0.0557. The molecule has 7 nitrogen and oxygen atoms in total. The van der Waals surface area contributed by atoms with Crippen LogP contribution >= 0.6 is 0 Å². The van der Waals surface area contributed by atoms with Gasteiger partial charge in [-0.05, 0) is 6.07 Å². The normalized spacial score (nSPS) is 22.3. The van der Waals surface area contributed by atoms with Crippen LogP contribution in [0.2, 0.25) is 0 Å². The zero-order valence-corrected chi connectivity index (χ0v) is 10.5. The van der Waals surface area contributed by atoms with Gasteiger partial charge in [-0.15, -0.1) is 0 Å². The van der Waals surface area contributed by atoms with E-state index in [9.17, 15) is 13.2 Å². The minimum atomic E-state index is -3.02. The molecular weight excluding hydrogens is 256 g/mol. The molecule has 2 rings (SSSR count). The number of aromatic nitrogens is 2. The maximum absolute atomic E-state index is 11.7. The van der Waals surface area contributed by atoms with Gasteiger partial charge < -0.3 is 5.32 Å². The number of hydrogen-bond donors (Lipinski definition) is 2. The maximum atomic E-state index is 11.7. The summed E-state index contributed by atoms with van der Waals surface area (Å²) < 4.78 is 22.8. The molecule has 1 atom stereocenters. The number of nitrogens with one attached hydrogen (secondary N) is 2. The van der Waals surface area contributed by atoms with Crippen LogP contribution in [0.25, 0.3) is 0 Å². The Labute approximate surface area is 105 Å². The number of nitrogens with zero attached hydrogens (tertiary/aromatic N) is 2. The van der Waals surface area contributed by atoms with Crippen molar-refractivity contribution in [3.05, 3.63) is 18.5 Å². The first kappa shape index (κ1) is 12.9. The summed E-state index contributed by atoms with van der Waals surface area (Å²) >= 11 is 0. The highest BCUT2D eigenvalue weighted by Gasteiger charge is 2.26. The van der Waals surface area contributed by atoms with E-state index in [2.05, 4.69) is 20.6 Å². The summed E-state index contributed by atoms with van der Waals surface area (Å²) in [4.78, 5) is 19.4. The fourth-order valence-electron chi connectivity index (χ4n) is 1.76. The molecule has 98 valence electrons. The third-order valence-corrected chi connectivity index (χ3v) is 4.29. The van der Waals surface area contributed by atoms with Crippen molar-refractivity contribution in [3.8, 4) is 0 Å². The van der Waals surface area contributed by atoms with Crippen molar-refractivity contribution in [1.82, 2.24) is 15.3 Å². The van der Waals surface area contributed by atoms with Gasteiger partial charge >= 0.3 is 0 Å². The first-order valence-corrected chi connectivity index (χ1v) is 7.38. The van der Waals surface area contributed by atoms with Crippen molar-refractivity contribution in [2.75, 3.05) is 23.4 Å². The Balaban J connectivity index is 1.88. The summed E-state index contributed by atoms with van der Waals surface area (Å²) in [7, 11) is -3.02. The zero-order chi connectivity index (χ0) is 13.0. The molecule has 2 heterocycles. The Hall–Kier alpha value is -1.54. The Morgan fingerprint density at radius 2 is 2.17 bits per heavy atom. The first-order valence-electron chi connectivity index (χ1n) is 5.56. The Morgan fingerprint density at radius 1 is 1.44 bits per heavy atom. The highest BCUT2D eigenvalue weighted by molar-refractivity contribution is 7.91. The molecule has 8 heteroatoms. The second kappa shape index (κ2) is 5.40. The fourth-order valence-corrected chi connectivity index (χ4v) is 3.21. The molecule has 0 spiro atoms. The van der Waals surface area contributed by atoms with E-state index in [0.717, 1.165) is 0 Å². The predicted octanol–water partition coefficient (Wildman–Crippen LogP) is -0.808. The number of carbonyl (C=O) groups excluding carboxylic acids is 1. The standard InChI is InChI=1S/C10H14N4O3S/c15-9(14-10-12-2-1-3-13-10)6-8-7-18(16,17)5-4-11-8/h1-3,8,11H,4-7H2,(H,12,13,14,15). The van der Waals surface area contributed by atoms with Gasteiger partial charge in [-0.1, -0.05) is 0 Å². The van der Waals surface area contributed by atoms with Gasteiger partial charge in [-0.3, -0.25) is 10.1 Å². The maximum Gasteiger partial charge on any atom is 0.229 e. The van der Waals surface area contributed by atoms with Crippen LogP contribution in [0.4, 0.5) is 5.95 Å². The number of rotatable bonds is 3. The fraction of sp³-hybridized carbons (Fsp3) is 0.500. The first-order chi connectivity index (χ1) is 8.55. The number of sulfone groups is 1. The zero-order valence-electron chi connectivity index (χ0n) is 9.67.